The molecular formula is C28H44O3. The van der Waals surface area contributed by atoms with Gasteiger partial charge in [-0.05, 0) is 75.7 Å². The van der Waals surface area contributed by atoms with Crippen LogP contribution in [0.1, 0.15) is 86.0 Å². The lowest BCUT2D eigenvalue weighted by Gasteiger charge is -2.49. The maximum absolute atomic E-state index is 11.9. The minimum atomic E-state index is -0.861. The largest absolute Gasteiger partial charge is 0.393 e. The molecule has 6 atom stereocenters. The van der Waals surface area contributed by atoms with Crippen molar-refractivity contribution in [2.45, 2.75) is 103 Å². The van der Waals surface area contributed by atoms with E-state index in [4.69, 9.17) is 0 Å². The predicted molar refractivity (Wildman–Crippen MR) is 129 cm³/mol. The van der Waals surface area contributed by atoms with Crippen LogP contribution in [0.15, 0.2) is 47.6 Å². The summed E-state index contributed by atoms with van der Waals surface area (Å²) in [5.41, 5.74) is 1.99. The van der Waals surface area contributed by atoms with E-state index in [9.17, 15) is 15.3 Å². The Morgan fingerprint density at radius 1 is 1.13 bits per heavy atom. The van der Waals surface area contributed by atoms with E-state index in [0.29, 0.717) is 12.3 Å². The summed E-state index contributed by atoms with van der Waals surface area (Å²) < 4.78 is 0. The molecule has 3 saturated carbocycles. The first-order valence-corrected chi connectivity index (χ1v) is 12.3. The van der Waals surface area contributed by atoms with Crippen molar-refractivity contribution in [1.82, 2.24) is 0 Å². The van der Waals surface area contributed by atoms with Gasteiger partial charge in [-0.3, -0.25) is 0 Å². The Morgan fingerprint density at radius 3 is 2.52 bits per heavy atom. The second kappa shape index (κ2) is 9.00. The summed E-state index contributed by atoms with van der Waals surface area (Å²) in [6, 6.07) is 0. The zero-order chi connectivity index (χ0) is 23.0. The summed E-state index contributed by atoms with van der Waals surface area (Å²) in [6.45, 7) is 14.5. The topological polar surface area (TPSA) is 60.7 Å². The molecule has 0 saturated heterocycles. The van der Waals surface area contributed by atoms with Crippen molar-refractivity contribution in [1.29, 1.82) is 0 Å². The van der Waals surface area contributed by atoms with Crippen LogP contribution in [0.4, 0.5) is 0 Å². The Hall–Kier alpha value is -1.16. The lowest BCUT2D eigenvalue weighted by atomic mass is 9.58. The van der Waals surface area contributed by atoms with Crippen molar-refractivity contribution in [3.63, 3.8) is 0 Å². The molecule has 3 heteroatoms. The van der Waals surface area contributed by atoms with Crippen LogP contribution in [0.5, 0.6) is 0 Å². The standard InChI is InChI=1S/C28H44O3/c1-19(2)27(6,30)16-13-21(4)28(31)17-14-25-22(8-7-15-26(25,28)5)10-11-23-18-24(29)12-9-20(23)3/h10-11,13,16,19,21,24-25,29-31H,3,7-9,12,14-15,17-18H2,1-2,4-6H3/t21-,24+,25?,26+,27-,28-/m1/s1. The molecule has 0 spiro atoms. The van der Waals surface area contributed by atoms with Crippen molar-refractivity contribution in [2.75, 3.05) is 0 Å². The van der Waals surface area contributed by atoms with E-state index in [1.807, 2.05) is 32.9 Å². The van der Waals surface area contributed by atoms with Gasteiger partial charge in [0.05, 0.1) is 17.3 Å². The first-order valence-electron chi connectivity index (χ1n) is 12.3. The lowest BCUT2D eigenvalue weighted by molar-refractivity contribution is -0.100. The second-order valence-electron chi connectivity index (χ2n) is 11.2. The minimum absolute atomic E-state index is 0.0151. The van der Waals surface area contributed by atoms with Gasteiger partial charge in [-0.15, -0.1) is 0 Å². The molecule has 174 valence electrons. The third-order valence-corrected chi connectivity index (χ3v) is 9.01. The molecule has 3 nitrogen and oxygen atoms in total. The quantitative estimate of drug-likeness (QED) is 0.480. The van der Waals surface area contributed by atoms with E-state index in [1.165, 1.54) is 11.1 Å². The van der Waals surface area contributed by atoms with Crippen molar-refractivity contribution in [2.24, 2.45) is 23.2 Å². The van der Waals surface area contributed by atoms with Gasteiger partial charge in [-0.25, -0.2) is 0 Å². The van der Waals surface area contributed by atoms with Gasteiger partial charge in [0.1, 0.15) is 0 Å². The van der Waals surface area contributed by atoms with Gasteiger partial charge in [0.15, 0.2) is 0 Å². The van der Waals surface area contributed by atoms with Crippen molar-refractivity contribution in [3.05, 3.63) is 47.6 Å². The molecule has 0 bridgehead atoms. The van der Waals surface area contributed by atoms with Gasteiger partial charge in [-0.1, -0.05) is 69.7 Å². The van der Waals surface area contributed by atoms with Crippen LogP contribution in [-0.4, -0.2) is 32.6 Å². The molecule has 0 radical (unpaired) electrons. The lowest BCUT2D eigenvalue weighted by Crippen LogP contribution is -2.50. The fourth-order valence-electron chi connectivity index (χ4n) is 6.12. The van der Waals surface area contributed by atoms with E-state index in [2.05, 4.69) is 32.6 Å². The van der Waals surface area contributed by atoms with E-state index < -0.39 is 11.2 Å². The van der Waals surface area contributed by atoms with Gasteiger partial charge in [0.25, 0.3) is 0 Å². The highest BCUT2D eigenvalue weighted by molar-refractivity contribution is 5.36. The van der Waals surface area contributed by atoms with Crippen LogP contribution in [0.3, 0.4) is 0 Å². The predicted octanol–water partition coefficient (Wildman–Crippen LogP) is 5.87. The second-order valence-corrected chi connectivity index (χ2v) is 11.2. The van der Waals surface area contributed by atoms with Crippen LogP contribution in [0.2, 0.25) is 0 Å². The number of allylic oxidation sites excluding steroid dienone is 4. The molecule has 1 unspecified atom stereocenters. The van der Waals surface area contributed by atoms with Crippen molar-refractivity contribution >= 4 is 0 Å². The number of hydrogen-bond acceptors (Lipinski definition) is 3. The number of aliphatic hydroxyl groups excluding tert-OH is 1. The number of rotatable bonds is 5. The maximum Gasteiger partial charge on any atom is 0.0822 e. The Balaban J connectivity index is 1.83. The van der Waals surface area contributed by atoms with Crippen molar-refractivity contribution in [3.8, 4) is 0 Å². The molecule has 3 aliphatic carbocycles. The average Bonchev–Trinajstić information content (AvgIpc) is 2.99. The number of hydrogen-bond donors (Lipinski definition) is 3. The van der Waals surface area contributed by atoms with Gasteiger partial charge < -0.3 is 15.3 Å². The summed E-state index contributed by atoms with van der Waals surface area (Å²) in [4.78, 5) is 0. The summed E-state index contributed by atoms with van der Waals surface area (Å²) in [5.74, 6) is 0.493. The van der Waals surface area contributed by atoms with Gasteiger partial charge in [0, 0.05) is 11.3 Å². The van der Waals surface area contributed by atoms with Gasteiger partial charge in [-0.2, -0.15) is 0 Å². The maximum atomic E-state index is 11.9. The summed E-state index contributed by atoms with van der Waals surface area (Å²) >= 11 is 0. The van der Waals surface area contributed by atoms with E-state index in [1.54, 1.807) is 0 Å². The summed E-state index contributed by atoms with van der Waals surface area (Å²) in [6.07, 6.45) is 15.5. The molecule has 0 aromatic rings. The fourth-order valence-corrected chi connectivity index (χ4v) is 6.12. The van der Waals surface area contributed by atoms with E-state index in [-0.39, 0.29) is 23.4 Å². The highest BCUT2D eigenvalue weighted by atomic mass is 16.3. The molecule has 3 rings (SSSR count). The zero-order valence-electron chi connectivity index (χ0n) is 20.3. The highest BCUT2D eigenvalue weighted by Crippen LogP contribution is 2.61. The Kier molecular flexibility index (Phi) is 7.11. The number of fused-ring (bicyclic) bond motifs is 1. The third kappa shape index (κ3) is 4.65. The summed E-state index contributed by atoms with van der Waals surface area (Å²) in [7, 11) is 0. The minimum Gasteiger partial charge on any atom is -0.393 e. The zero-order valence-corrected chi connectivity index (χ0v) is 20.3. The smallest absolute Gasteiger partial charge is 0.0822 e. The average molecular weight is 429 g/mol. The van der Waals surface area contributed by atoms with E-state index in [0.717, 1.165) is 50.5 Å². The SMILES string of the molecule is C=C1CC[C@H](O)CC1=CC=C1CCC[C@@]2(C)C1CC[C@@]2(O)[C@H](C)C=C[C@@](C)(O)C(C)C. The van der Waals surface area contributed by atoms with Crippen molar-refractivity contribution < 1.29 is 15.3 Å². The van der Waals surface area contributed by atoms with Gasteiger partial charge >= 0.3 is 0 Å². The molecule has 31 heavy (non-hydrogen) atoms. The molecule has 3 fully saturated rings. The van der Waals surface area contributed by atoms with Crippen LogP contribution in [0, 0.1) is 23.2 Å². The molecule has 0 aromatic heterocycles. The van der Waals surface area contributed by atoms with Crippen LogP contribution in [0.25, 0.3) is 0 Å². The molecule has 0 aromatic carbocycles. The first kappa shape index (κ1) is 24.5. The van der Waals surface area contributed by atoms with E-state index >= 15 is 0 Å². The fraction of sp³-hybridized carbons (Fsp3) is 0.714. The normalized spacial score (nSPS) is 40.0. The number of aliphatic hydroxyl groups is 3. The van der Waals surface area contributed by atoms with Gasteiger partial charge in [0.2, 0.25) is 0 Å². The Labute approximate surface area is 189 Å². The molecule has 0 amide bonds. The first-order chi connectivity index (χ1) is 14.4. The molecular weight excluding hydrogens is 384 g/mol. The third-order valence-electron chi connectivity index (χ3n) is 9.01. The molecule has 0 heterocycles. The Bertz CT molecular complexity index is 771. The summed E-state index contributed by atoms with van der Waals surface area (Å²) in [5, 5.41) is 32.6. The Morgan fingerprint density at radius 2 is 1.84 bits per heavy atom. The highest BCUT2D eigenvalue weighted by Gasteiger charge is 2.59. The van der Waals surface area contributed by atoms with Crippen LogP contribution < -0.4 is 0 Å². The van der Waals surface area contributed by atoms with Crippen LogP contribution >= 0.6 is 0 Å². The molecule has 0 aliphatic heterocycles. The molecule has 3 N–H and O–H groups in total. The monoisotopic (exact) mass is 428 g/mol. The van der Waals surface area contributed by atoms with Crippen LogP contribution in [-0.2, 0) is 0 Å². The molecule has 3 aliphatic rings.